The molecule has 106 valence electrons. The van der Waals surface area contributed by atoms with Gasteiger partial charge in [0.1, 0.15) is 9.77 Å². The molecule has 0 radical (unpaired) electrons. The fourth-order valence-electron chi connectivity index (χ4n) is 1.94. The molecule has 0 aromatic carbocycles. The maximum absolute atomic E-state index is 12.6. The average molecular weight is 305 g/mol. The van der Waals surface area contributed by atoms with Crippen molar-refractivity contribution in [3.8, 4) is 0 Å². The molecule has 0 bridgehead atoms. The summed E-state index contributed by atoms with van der Waals surface area (Å²) in [7, 11) is -2.46. The van der Waals surface area contributed by atoms with Crippen LogP contribution in [0.5, 0.6) is 0 Å². The molecule has 0 unspecified atom stereocenters. The number of thiophene rings is 1. The van der Waals surface area contributed by atoms with Crippen LogP contribution in [-0.4, -0.2) is 51.6 Å². The Morgan fingerprint density at radius 2 is 2.32 bits per heavy atom. The van der Waals surface area contributed by atoms with Gasteiger partial charge >= 0.3 is 5.97 Å². The monoisotopic (exact) mass is 305 g/mol. The molecule has 1 aromatic heterocycles. The van der Waals surface area contributed by atoms with Crippen molar-refractivity contribution in [1.82, 2.24) is 4.31 Å². The average Bonchev–Trinajstić information content (AvgIpc) is 2.88. The zero-order valence-corrected chi connectivity index (χ0v) is 12.3. The van der Waals surface area contributed by atoms with E-state index in [1.54, 1.807) is 12.3 Å². The van der Waals surface area contributed by atoms with Crippen molar-refractivity contribution in [2.24, 2.45) is 0 Å². The van der Waals surface area contributed by atoms with Gasteiger partial charge in [-0.15, -0.1) is 11.3 Å². The largest absolute Gasteiger partial charge is 0.465 e. The van der Waals surface area contributed by atoms with Crippen molar-refractivity contribution in [3.63, 3.8) is 0 Å². The molecule has 8 heteroatoms. The van der Waals surface area contributed by atoms with E-state index in [1.165, 1.54) is 17.5 Å². The Bertz CT molecular complexity index is 565. The Hall–Kier alpha value is -0.960. The molecule has 0 N–H and O–H groups in total. The van der Waals surface area contributed by atoms with Gasteiger partial charge in [0.15, 0.2) is 0 Å². The Labute approximate surface area is 116 Å². The quantitative estimate of drug-likeness (QED) is 0.777. The predicted octanol–water partition coefficient (Wildman–Crippen LogP) is 0.944. The first-order valence-electron chi connectivity index (χ1n) is 5.74. The van der Waals surface area contributed by atoms with E-state index in [1.807, 2.05) is 0 Å². The molecule has 1 fully saturated rings. The molecule has 19 heavy (non-hydrogen) atoms. The Kier molecular flexibility index (Phi) is 4.24. The molecule has 0 amide bonds. The maximum atomic E-state index is 12.6. The van der Waals surface area contributed by atoms with Crippen molar-refractivity contribution < 1.29 is 22.7 Å². The summed E-state index contributed by atoms with van der Waals surface area (Å²) < 4.78 is 36.3. The normalized spacial score (nSPS) is 21.3. The Morgan fingerprint density at radius 1 is 1.58 bits per heavy atom. The van der Waals surface area contributed by atoms with Gasteiger partial charge in [-0.3, -0.25) is 0 Å². The fraction of sp³-hybridized carbons (Fsp3) is 0.545. The van der Waals surface area contributed by atoms with E-state index in [-0.39, 0.29) is 15.8 Å². The summed E-state index contributed by atoms with van der Waals surface area (Å²) in [4.78, 5) is 11.7. The molecular formula is C11H15NO5S2. The summed E-state index contributed by atoms with van der Waals surface area (Å²) in [5.41, 5.74) is 0. The smallest absolute Gasteiger partial charge is 0.349 e. The molecule has 6 nitrogen and oxygen atoms in total. The summed E-state index contributed by atoms with van der Waals surface area (Å²) in [6.45, 7) is 2.79. The van der Waals surface area contributed by atoms with Crippen molar-refractivity contribution in [2.75, 3.05) is 26.9 Å². The maximum Gasteiger partial charge on any atom is 0.349 e. The van der Waals surface area contributed by atoms with Gasteiger partial charge in [-0.05, 0) is 18.4 Å². The minimum Gasteiger partial charge on any atom is -0.465 e. The fourth-order valence-corrected chi connectivity index (χ4v) is 4.85. The van der Waals surface area contributed by atoms with Gasteiger partial charge in [0.25, 0.3) is 0 Å². The lowest BCUT2D eigenvalue weighted by Gasteiger charge is -2.32. The summed E-state index contributed by atoms with van der Waals surface area (Å²) in [5, 5.41) is 1.57. The van der Waals surface area contributed by atoms with Gasteiger partial charge in [-0.2, -0.15) is 4.31 Å². The van der Waals surface area contributed by atoms with E-state index < -0.39 is 16.0 Å². The minimum absolute atomic E-state index is 0.0121. The number of hydrogen-bond acceptors (Lipinski definition) is 6. The van der Waals surface area contributed by atoms with Crippen molar-refractivity contribution in [1.29, 1.82) is 0 Å². The molecule has 2 heterocycles. The number of morpholine rings is 1. The van der Waals surface area contributed by atoms with E-state index in [0.29, 0.717) is 19.8 Å². The highest BCUT2D eigenvalue weighted by Gasteiger charge is 2.35. The second-order valence-corrected chi connectivity index (χ2v) is 6.92. The van der Waals surface area contributed by atoms with E-state index in [0.717, 1.165) is 11.3 Å². The molecular weight excluding hydrogens is 290 g/mol. The number of sulfonamides is 1. The number of nitrogens with zero attached hydrogens (tertiary/aromatic N) is 1. The molecule has 0 saturated carbocycles. The lowest BCUT2D eigenvalue weighted by molar-refractivity contribution is 0.0392. The lowest BCUT2D eigenvalue weighted by Crippen LogP contribution is -2.47. The first-order chi connectivity index (χ1) is 8.98. The number of carbonyl (C=O) groups excluding carboxylic acids is 1. The molecule has 1 saturated heterocycles. The van der Waals surface area contributed by atoms with Crippen LogP contribution in [0.2, 0.25) is 0 Å². The standard InChI is InChI=1S/C11H15NO5S2/c1-8-7-17-5-4-12(8)19(14,15)9-3-6-18-10(9)11(13)16-2/h3,6,8H,4-5,7H2,1-2H3/t8-/m1/s1. The van der Waals surface area contributed by atoms with Crippen LogP contribution < -0.4 is 0 Å². The highest BCUT2D eigenvalue weighted by Crippen LogP contribution is 2.27. The summed E-state index contributed by atoms with van der Waals surface area (Å²) in [6, 6.07) is 1.19. The van der Waals surface area contributed by atoms with Gasteiger partial charge in [-0.25, -0.2) is 13.2 Å². The van der Waals surface area contributed by atoms with E-state index in [2.05, 4.69) is 4.74 Å². The molecule has 1 atom stereocenters. The van der Waals surface area contributed by atoms with Crippen LogP contribution in [0.25, 0.3) is 0 Å². The third kappa shape index (κ3) is 2.66. The van der Waals surface area contributed by atoms with Gasteiger partial charge < -0.3 is 9.47 Å². The van der Waals surface area contributed by atoms with Crippen LogP contribution in [-0.2, 0) is 19.5 Å². The molecule has 1 aliphatic rings. The number of carbonyl (C=O) groups is 1. The number of methoxy groups -OCH3 is 1. The van der Waals surface area contributed by atoms with Crippen LogP contribution in [0.4, 0.5) is 0 Å². The van der Waals surface area contributed by atoms with Gasteiger partial charge in [0, 0.05) is 12.6 Å². The predicted molar refractivity (Wildman–Crippen MR) is 69.8 cm³/mol. The summed E-state index contributed by atoms with van der Waals surface area (Å²) >= 11 is 1.06. The first kappa shape index (κ1) is 14.4. The van der Waals surface area contributed by atoms with Gasteiger partial charge in [0.05, 0.1) is 20.3 Å². The zero-order valence-electron chi connectivity index (χ0n) is 10.7. The molecule has 1 aromatic rings. The van der Waals surface area contributed by atoms with E-state index in [9.17, 15) is 13.2 Å². The molecule has 0 spiro atoms. The number of esters is 1. The topological polar surface area (TPSA) is 72.9 Å². The van der Waals surface area contributed by atoms with Crippen LogP contribution in [0.15, 0.2) is 16.3 Å². The van der Waals surface area contributed by atoms with Crippen molar-refractivity contribution in [2.45, 2.75) is 17.9 Å². The van der Waals surface area contributed by atoms with Crippen LogP contribution in [0.1, 0.15) is 16.6 Å². The summed E-state index contributed by atoms with van der Waals surface area (Å²) in [5.74, 6) is -0.630. The van der Waals surface area contributed by atoms with Gasteiger partial charge in [-0.1, -0.05) is 0 Å². The zero-order chi connectivity index (χ0) is 14.0. The SMILES string of the molecule is COC(=O)c1sccc1S(=O)(=O)N1CCOC[C@H]1C. The number of rotatable bonds is 3. The van der Waals surface area contributed by atoms with Gasteiger partial charge in [0.2, 0.25) is 10.0 Å². The van der Waals surface area contributed by atoms with E-state index in [4.69, 9.17) is 4.74 Å². The number of hydrogen-bond donors (Lipinski definition) is 0. The molecule has 2 rings (SSSR count). The van der Waals surface area contributed by atoms with Crippen LogP contribution in [0, 0.1) is 0 Å². The third-order valence-electron chi connectivity index (χ3n) is 2.89. The highest BCUT2D eigenvalue weighted by atomic mass is 32.2. The highest BCUT2D eigenvalue weighted by molar-refractivity contribution is 7.89. The third-order valence-corrected chi connectivity index (χ3v) is 5.97. The lowest BCUT2D eigenvalue weighted by atomic mass is 10.3. The second kappa shape index (κ2) is 5.58. The number of ether oxygens (including phenoxy) is 2. The van der Waals surface area contributed by atoms with Crippen LogP contribution in [0.3, 0.4) is 0 Å². The first-order valence-corrected chi connectivity index (χ1v) is 8.06. The van der Waals surface area contributed by atoms with Crippen LogP contribution >= 0.6 is 11.3 Å². The minimum atomic E-state index is -3.69. The Morgan fingerprint density at radius 3 is 2.95 bits per heavy atom. The van der Waals surface area contributed by atoms with Crippen molar-refractivity contribution >= 4 is 27.3 Å². The molecule has 1 aliphatic heterocycles. The van der Waals surface area contributed by atoms with E-state index >= 15 is 0 Å². The Balaban J connectivity index is 2.39. The molecule has 0 aliphatic carbocycles. The second-order valence-electron chi connectivity index (χ2n) is 4.15. The summed E-state index contributed by atoms with van der Waals surface area (Å²) in [6.07, 6.45) is 0. The van der Waals surface area contributed by atoms with Crippen molar-refractivity contribution in [3.05, 3.63) is 16.3 Å².